The number of benzene rings is 1. The van der Waals surface area contributed by atoms with Crippen molar-refractivity contribution in [2.24, 2.45) is 23.9 Å². The monoisotopic (exact) mass is 835 g/mol. The van der Waals surface area contributed by atoms with Gasteiger partial charge < -0.3 is 24.1 Å². The summed E-state index contributed by atoms with van der Waals surface area (Å²) in [5, 5.41) is 3.16. The standard InChI is InChI=1S/C42H58BrN7O6/c1-4-6-7-8-9-10-11-12-13-14-15-16-17-18-19-20-37(51)54-29-32(27-33-28-44-30-49(33)3)34(5-2)40(52)55-31-56-42(53)50-26-25-47-41(50)48-35-21-22-36-39(38(35)43)46-24-23-45-36/h9-10,12-13,21-24,28,30,32,34H,4-8,11,14-20,25-27,29,31H2,1-3H3,(H,47,48)/b10-9-,13-12-/t32?,34-/m0/s1. The molecule has 2 aromatic heterocycles. The van der Waals surface area contributed by atoms with Gasteiger partial charge >= 0.3 is 18.0 Å². The quantitative estimate of drug-likeness (QED) is 0.0401. The second-order valence-electron chi connectivity index (χ2n) is 14.0. The van der Waals surface area contributed by atoms with Crippen LogP contribution >= 0.6 is 15.9 Å². The third-order valence-corrected chi connectivity index (χ3v) is 10.6. The number of carbonyl (C=O) groups is 3. The summed E-state index contributed by atoms with van der Waals surface area (Å²) in [7, 11) is 1.88. The van der Waals surface area contributed by atoms with Gasteiger partial charge in [0.2, 0.25) is 12.8 Å². The third-order valence-electron chi connectivity index (χ3n) is 9.76. The number of anilines is 1. The Morgan fingerprint density at radius 2 is 1.68 bits per heavy atom. The first kappa shape index (κ1) is 44.1. The van der Waals surface area contributed by atoms with Crippen molar-refractivity contribution in [1.29, 1.82) is 0 Å². The van der Waals surface area contributed by atoms with Gasteiger partial charge in [0.15, 0.2) is 0 Å². The number of aryl methyl sites for hydroxylation is 1. The highest BCUT2D eigenvalue weighted by atomic mass is 79.9. The average molecular weight is 837 g/mol. The molecule has 14 heteroatoms. The van der Waals surface area contributed by atoms with Gasteiger partial charge in [-0.15, -0.1) is 0 Å². The van der Waals surface area contributed by atoms with Crippen LogP contribution in [-0.2, 0) is 37.3 Å². The molecule has 1 unspecified atom stereocenters. The summed E-state index contributed by atoms with van der Waals surface area (Å²) in [6, 6.07) is 3.63. The maximum Gasteiger partial charge on any atom is 0.419 e. The highest BCUT2D eigenvalue weighted by Crippen LogP contribution is 2.30. The molecule has 1 aliphatic rings. The number of imidazole rings is 1. The predicted octanol–water partition coefficient (Wildman–Crippen LogP) is 9.09. The minimum Gasteiger partial charge on any atom is -0.465 e. The first-order chi connectivity index (χ1) is 27.3. The minimum absolute atomic E-state index is 0.0624. The summed E-state index contributed by atoms with van der Waals surface area (Å²) in [5.74, 6) is -1.48. The van der Waals surface area contributed by atoms with E-state index in [0.29, 0.717) is 54.0 Å². The number of nitrogens with one attached hydrogen (secondary N) is 1. The number of guanidine groups is 1. The number of aliphatic imine (C=N–C) groups is 1. The summed E-state index contributed by atoms with van der Waals surface area (Å²) in [5.41, 5.74) is 2.93. The maximum atomic E-state index is 13.4. The molecule has 1 N–H and O–H groups in total. The Bertz CT molecular complexity index is 1780. The lowest BCUT2D eigenvalue weighted by Gasteiger charge is -2.25. The highest BCUT2D eigenvalue weighted by molar-refractivity contribution is 9.10. The van der Waals surface area contributed by atoms with Crippen LogP contribution in [0, 0.1) is 11.8 Å². The van der Waals surface area contributed by atoms with E-state index in [2.05, 4.69) is 72.4 Å². The Labute approximate surface area is 339 Å². The molecule has 3 heterocycles. The molecule has 0 radical (unpaired) electrons. The van der Waals surface area contributed by atoms with Gasteiger partial charge in [-0.05, 0) is 79.4 Å². The number of hydrogen-bond acceptors (Lipinski definition) is 11. The summed E-state index contributed by atoms with van der Waals surface area (Å²) in [4.78, 5) is 57.9. The zero-order chi connectivity index (χ0) is 40.0. The fraction of sp³-hybridized carbons (Fsp3) is 0.548. The van der Waals surface area contributed by atoms with Crippen LogP contribution in [0.2, 0.25) is 0 Å². The van der Waals surface area contributed by atoms with Crippen molar-refractivity contribution < 1.29 is 28.6 Å². The second kappa shape index (κ2) is 24.8. The van der Waals surface area contributed by atoms with E-state index >= 15 is 0 Å². The van der Waals surface area contributed by atoms with Gasteiger partial charge in [0.1, 0.15) is 5.52 Å². The Morgan fingerprint density at radius 1 is 0.929 bits per heavy atom. The van der Waals surface area contributed by atoms with Crippen LogP contribution < -0.4 is 5.32 Å². The Balaban J connectivity index is 1.18. The maximum absolute atomic E-state index is 13.4. The number of ether oxygens (including phenoxy) is 3. The molecule has 0 spiro atoms. The number of carbonyl (C=O) groups excluding carboxylic acids is 3. The first-order valence-electron chi connectivity index (χ1n) is 20.0. The lowest BCUT2D eigenvalue weighted by atomic mass is 9.87. The van der Waals surface area contributed by atoms with E-state index in [-0.39, 0.29) is 18.5 Å². The fourth-order valence-corrected chi connectivity index (χ4v) is 7.02. The Kier molecular flexibility index (Phi) is 19.6. The number of unbranched alkanes of at least 4 members (excludes halogenated alkanes) is 8. The summed E-state index contributed by atoms with van der Waals surface area (Å²) >= 11 is 3.56. The average Bonchev–Trinajstić information content (AvgIpc) is 3.84. The molecule has 304 valence electrons. The predicted molar refractivity (Wildman–Crippen MR) is 222 cm³/mol. The van der Waals surface area contributed by atoms with E-state index in [1.807, 2.05) is 30.7 Å². The van der Waals surface area contributed by atoms with Gasteiger partial charge in [-0.3, -0.25) is 24.5 Å². The van der Waals surface area contributed by atoms with Crippen LogP contribution in [-0.4, -0.2) is 74.9 Å². The van der Waals surface area contributed by atoms with Crippen molar-refractivity contribution in [2.45, 2.75) is 104 Å². The summed E-state index contributed by atoms with van der Waals surface area (Å²) in [6.07, 6.45) is 28.4. The molecule has 1 amide bonds. The largest absolute Gasteiger partial charge is 0.465 e. The topological polar surface area (TPSA) is 150 Å². The zero-order valence-electron chi connectivity index (χ0n) is 33.2. The van der Waals surface area contributed by atoms with E-state index in [9.17, 15) is 14.4 Å². The molecule has 13 nitrogen and oxygen atoms in total. The van der Waals surface area contributed by atoms with E-state index in [1.54, 1.807) is 24.9 Å². The molecule has 0 saturated carbocycles. The molecule has 1 aromatic carbocycles. The van der Waals surface area contributed by atoms with E-state index in [0.717, 1.165) is 56.2 Å². The Hall–Kier alpha value is -4.59. The van der Waals surface area contributed by atoms with Crippen LogP contribution in [0.3, 0.4) is 0 Å². The van der Waals surface area contributed by atoms with E-state index in [4.69, 9.17) is 14.2 Å². The number of rotatable bonds is 24. The number of nitrogens with zero attached hydrogens (tertiary/aromatic N) is 6. The smallest absolute Gasteiger partial charge is 0.419 e. The molecule has 3 aromatic rings. The number of halogens is 1. The molecule has 56 heavy (non-hydrogen) atoms. The third kappa shape index (κ3) is 14.5. The van der Waals surface area contributed by atoms with Crippen molar-refractivity contribution >= 4 is 56.6 Å². The van der Waals surface area contributed by atoms with Crippen LogP contribution in [0.5, 0.6) is 0 Å². The molecular formula is C42H58BrN7O6. The van der Waals surface area contributed by atoms with Crippen molar-refractivity contribution in [3.05, 3.63) is 71.5 Å². The van der Waals surface area contributed by atoms with E-state index < -0.39 is 24.8 Å². The number of amides is 1. The van der Waals surface area contributed by atoms with Crippen molar-refractivity contribution in [3.63, 3.8) is 0 Å². The van der Waals surface area contributed by atoms with Gasteiger partial charge in [-0.2, -0.15) is 0 Å². The second-order valence-corrected chi connectivity index (χ2v) is 14.8. The van der Waals surface area contributed by atoms with Crippen LogP contribution in [0.4, 0.5) is 10.5 Å². The van der Waals surface area contributed by atoms with Gasteiger partial charge in [0, 0.05) is 43.7 Å². The molecule has 1 aliphatic heterocycles. The number of esters is 2. The molecule has 0 saturated heterocycles. The number of fused-ring (bicyclic) bond motifs is 1. The van der Waals surface area contributed by atoms with Crippen molar-refractivity contribution in [3.8, 4) is 0 Å². The molecule has 0 bridgehead atoms. The number of hydrogen-bond donors (Lipinski definition) is 1. The van der Waals surface area contributed by atoms with Crippen LogP contribution in [0.15, 0.2) is 70.8 Å². The van der Waals surface area contributed by atoms with Crippen molar-refractivity contribution in [1.82, 2.24) is 24.4 Å². The molecule has 0 fully saturated rings. The zero-order valence-corrected chi connectivity index (χ0v) is 34.8. The number of aromatic nitrogens is 4. The lowest BCUT2D eigenvalue weighted by Crippen LogP contribution is -2.39. The number of allylic oxidation sites excluding steroid dienone is 4. The first-order valence-corrected chi connectivity index (χ1v) is 20.8. The molecule has 0 aliphatic carbocycles. The van der Waals surface area contributed by atoms with Crippen LogP contribution in [0.1, 0.15) is 103 Å². The van der Waals surface area contributed by atoms with E-state index in [1.165, 1.54) is 30.6 Å². The Morgan fingerprint density at radius 3 is 2.43 bits per heavy atom. The van der Waals surface area contributed by atoms with Gasteiger partial charge in [0.25, 0.3) is 0 Å². The fourth-order valence-electron chi connectivity index (χ4n) is 6.49. The van der Waals surface area contributed by atoms with Crippen LogP contribution in [0.25, 0.3) is 11.0 Å². The normalized spacial score (nSPS) is 14.0. The van der Waals surface area contributed by atoms with Gasteiger partial charge in [0.05, 0.1) is 47.6 Å². The summed E-state index contributed by atoms with van der Waals surface area (Å²) in [6.45, 7) is 4.28. The molecule has 2 atom stereocenters. The van der Waals surface area contributed by atoms with Gasteiger partial charge in [-0.1, -0.05) is 70.3 Å². The summed E-state index contributed by atoms with van der Waals surface area (Å²) < 4.78 is 19.1. The SMILES string of the molecule is CCCCC/C=C\C/C=C\CCCCCCCC(=O)OCC(Cc1cncn1C)[C@H](CC)C(=O)OCOC(=O)N1CCN=C1Nc1ccc2nccnc2c1Br. The lowest BCUT2D eigenvalue weighted by molar-refractivity contribution is -0.162. The highest BCUT2D eigenvalue weighted by Gasteiger charge is 2.32. The molecule has 4 rings (SSSR count). The minimum atomic E-state index is -0.708. The van der Waals surface area contributed by atoms with Crippen molar-refractivity contribution in [2.75, 3.05) is 31.8 Å². The van der Waals surface area contributed by atoms with Gasteiger partial charge in [-0.25, -0.2) is 14.7 Å². The molecular weight excluding hydrogens is 778 g/mol.